The Kier molecular flexibility index (Phi) is 5.57. The lowest BCUT2D eigenvalue weighted by Crippen LogP contribution is -2.53. The van der Waals surface area contributed by atoms with Gasteiger partial charge in [0.25, 0.3) is 11.8 Å². The van der Waals surface area contributed by atoms with Crippen molar-refractivity contribution in [1.29, 1.82) is 0 Å². The molecule has 0 unspecified atom stereocenters. The third kappa shape index (κ3) is 3.66. The minimum absolute atomic E-state index is 0.0512. The van der Waals surface area contributed by atoms with E-state index in [1.165, 1.54) is 11.8 Å². The first kappa shape index (κ1) is 21.4. The Morgan fingerprint density at radius 3 is 2.53 bits per heavy atom. The molecule has 1 N–H and O–H groups in total. The van der Waals surface area contributed by atoms with Gasteiger partial charge in [-0.1, -0.05) is 25.1 Å². The summed E-state index contributed by atoms with van der Waals surface area (Å²) >= 11 is 0. The average Bonchev–Trinajstić information content (AvgIpc) is 3.36. The Bertz CT molecular complexity index is 1250. The zero-order valence-corrected chi connectivity index (χ0v) is 18.6. The summed E-state index contributed by atoms with van der Waals surface area (Å²) < 4.78 is 7.40. The quantitative estimate of drug-likeness (QED) is 0.484. The predicted octanol–water partition coefficient (Wildman–Crippen LogP) is 4.22. The molecule has 0 aliphatic carbocycles. The molecule has 1 aliphatic heterocycles. The number of para-hydroxylation sites is 1. The molecule has 2 aromatic heterocycles. The van der Waals surface area contributed by atoms with Crippen molar-refractivity contribution >= 4 is 23.9 Å². The molecule has 0 radical (unpaired) electrons. The molecule has 32 heavy (non-hydrogen) atoms. The van der Waals surface area contributed by atoms with Gasteiger partial charge >= 0.3 is 6.03 Å². The number of hydrogen-bond acceptors (Lipinski definition) is 4. The second-order valence-electron chi connectivity index (χ2n) is 7.89. The van der Waals surface area contributed by atoms with Crippen LogP contribution in [0.1, 0.15) is 40.8 Å². The fourth-order valence-corrected chi connectivity index (χ4v) is 4.15. The minimum atomic E-state index is -0.758. The van der Waals surface area contributed by atoms with E-state index in [2.05, 4.69) is 35.9 Å². The largest absolute Gasteiger partial charge is 0.467 e. The topological polar surface area (TPSA) is 84.6 Å². The van der Waals surface area contributed by atoms with Crippen molar-refractivity contribution in [2.75, 3.05) is 0 Å². The number of urea groups is 1. The molecule has 0 bridgehead atoms. The highest BCUT2D eigenvalue weighted by atomic mass is 16.3. The first-order chi connectivity index (χ1) is 15.3. The molecule has 0 saturated carbocycles. The maximum absolute atomic E-state index is 13.0. The summed E-state index contributed by atoms with van der Waals surface area (Å²) in [5, 5.41) is 2.25. The minimum Gasteiger partial charge on any atom is -0.467 e. The number of rotatable bonds is 5. The lowest BCUT2D eigenvalue weighted by atomic mass is 10.0. The van der Waals surface area contributed by atoms with Crippen molar-refractivity contribution in [2.45, 2.75) is 40.7 Å². The Morgan fingerprint density at radius 1 is 1.06 bits per heavy atom. The molecule has 1 aromatic carbocycles. The van der Waals surface area contributed by atoms with Crippen molar-refractivity contribution in [3.63, 3.8) is 0 Å². The van der Waals surface area contributed by atoms with E-state index in [0.717, 1.165) is 39.5 Å². The number of aryl methyl sites for hydroxylation is 3. The van der Waals surface area contributed by atoms with Gasteiger partial charge in [0.15, 0.2) is 0 Å². The molecule has 4 amide bonds. The van der Waals surface area contributed by atoms with Crippen LogP contribution in [0.15, 0.2) is 52.7 Å². The van der Waals surface area contributed by atoms with E-state index in [-0.39, 0.29) is 12.1 Å². The number of amides is 4. The third-order valence-corrected chi connectivity index (χ3v) is 5.78. The van der Waals surface area contributed by atoms with Crippen LogP contribution >= 0.6 is 0 Å². The summed E-state index contributed by atoms with van der Waals surface area (Å²) in [4.78, 5) is 38.8. The molecule has 7 heteroatoms. The molecule has 1 aliphatic rings. The molecule has 1 saturated heterocycles. The summed E-state index contributed by atoms with van der Waals surface area (Å²) in [5.74, 6) is -0.900. The van der Waals surface area contributed by atoms with E-state index in [9.17, 15) is 14.4 Å². The Hall–Kier alpha value is -3.87. The van der Waals surface area contributed by atoms with Gasteiger partial charge in [-0.15, -0.1) is 0 Å². The smallest absolute Gasteiger partial charge is 0.331 e. The van der Waals surface area contributed by atoms with Crippen LogP contribution in [0, 0.1) is 20.8 Å². The van der Waals surface area contributed by atoms with Crippen molar-refractivity contribution < 1.29 is 18.8 Å². The standard InChI is InChI=1S/C25H25N3O4/c1-5-18-9-6-8-15(2)22(18)28-16(3)12-19(17(28)4)13-21-23(29)26-25(31)27(24(21)30)14-20-10-7-11-32-20/h6-13H,5,14H2,1-4H3,(H,26,29,31)/b21-13+. The molecular formula is C25H25N3O4. The second-order valence-corrected chi connectivity index (χ2v) is 7.89. The van der Waals surface area contributed by atoms with Gasteiger partial charge in [-0.05, 0) is 68.2 Å². The third-order valence-electron chi connectivity index (χ3n) is 5.78. The van der Waals surface area contributed by atoms with Gasteiger partial charge in [0.2, 0.25) is 0 Å². The Balaban J connectivity index is 1.76. The van der Waals surface area contributed by atoms with Gasteiger partial charge in [0.05, 0.1) is 18.5 Å². The normalized spacial score (nSPS) is 15.6. The number of hydrogen-bond donors (Lipinski definition) is 1. The fourth-order valence-electron chi connectivity index (χ4n) is 4.15. The molecule has 164 valence electrons. The highest BCUT2D eigenvalue weighted by molar-refractivity contribution is 6.31. The van der Waals surface area contributed by atoms with Crippen molar-refractivity contribution in [3.05, 3.63) is 82.1 Å². The molecule has 3 heterocycles. The Labute approximate surface area is 186 Å². The second kappa shape index (κ2) is 8.34. The molecule has 4 rings (SSSR count). The van der Waals surface area contributed by atoms with Crippen LogP contribution in [-0.2, 0) is 22.6 Å². The van der Waals surface area contributed by atoms with E-state index in [0.29, 0.717) is 5.76 Å². The van der Waals surface area contributed by atoms with Gasteiger partial charge in [-0.3, -0.25) is 19.8 Å². The van der Waals surface area contributed by atoms with E-state index in [4.69, 9.17) is 4.42 Å². The van der Waals surface area contributed by atoms with Crippen LogP contribution in [-0.4, -0.2) is 27.3 Å². The summed E-state index contributed by atoms with van der Waals surface area (Å²) in [5.41, 5.74) is 6.04. The zero-order chi connectivity index (χ0) is 23.0. The maximum atomic E-state index is 13.0. The van der Waals surface area contributed by atoms with E-state index >= 15 is 0 Å². The number of barbiturate groups is 1. The molecular weight excluding hydrogens is 406 g/mol. The number of aromatic nitrogens is 1. The highest BCUT2D eigenvalue weighted by Gasteiger charge is 2.36. The van der Waals surface area contributed by atoms with Gasteiger partial charge in [0, 0.05) is 11.4 Å². The lowest BCUT2D eigenvalue weighted by molar-refractivity contribution is -0.130. The molecule has 1 fully saturated rings. The predicted molar refractivity (Wildman–Crippen MR) is 120 cm³/mol. The number of carbonyl (C=O) groups excluding carboxylic acids is 3. The number of nitrogens with one attached hydrogen (secondary N) is 1. The maximum Gasteiger partial charge on any atom is 0.331 e. The van der Waals surface area contributed by atoms with Crippen molar-refractivity contribution in [3.8, 4) is 5.69 Å². The van der Waals surface area contributed by atoms with Gasteiger partial charge in [0.1, 0.15) is 11.3 Å². The summed E-state index contributed by atoms with van der Waals surface area (Å²) in [6, 6.07) is 10.8. The van der Waals surface area contributed by atoms with Gasteiger partial charge in [-0.2, -0.15) is 0 Å². The number of nitrogens with zero attached hydrogens (tertiary/aromatic N) is 2. The SMILES string of the molecule is CCc1cccc(C)c1-n1c(C)cc(/C=C2\C(=O)NC(=O)N(Cc3ccco3)C2=O)c1C. The van der Waals surface area contributed by atoms with Crippen LogP contribution in [0.4, 0.5) is 4.79 Å². The number of furan rings is 1. The van der Waals surface area contributed by atoms with Crippen molar-refractivity contribution in [2.24, 2.45) is 0 Å². The molecule has 0 spiro atoms. The van der Waals surface area contributed by atoms with Crippen LogP contribution in [0.5, 0.6) is 0 Å². The zero-order valence-electron chi connectivity index (χ0n) is 18.6. The monoisotopic (exact) mass is 431 g/mol. The lowest BCUT2D eigenvalue weighted by Gasteiger charge is -2.25. The number of benzene rings is 1. The van der Waals surface area contributed by atoms with Crippen LogP contribution in [0.25, 0.3) is 11.8 Å². The van der Waals surface area contributed by atoms with E-state index in [1.807, 2.05) is 26.0 Å². The summed E-state index contributed by atoms with van der Waals surface area (Å²) in [7, 11) is 0. The van der Waals surface area contributed by atoms with Crippen LogP contribution in [0.2, 0.25) is 0 Å². The van der Waals surface area contributed by atoms with E-state index in [1.54, 1.807) is 18.2 Å². The highest BCUT2D eigenvalue weighted by Crippen LogP contribution is 2.28. The fraction of sp³-hybridized carbons (Fsp3) is 0.240. The first-order valence-electron chi connectivity index (χ1n) is 10.5. The van der Waals surface area contributed by atoms with Crippen LogP contribution in [0.3, 0.4) is 0 Å². The first-order valence-corrected chi connectivity index (χ1v) is 10.5. The summed E-state index contributed by atoms with van der Waals surface area (Å²) in [6.07, 6.45) is 3.91. The number of imide groups is 2. The van der Waals surface area contributed by atoms with Crippen LogP contribution < -0.4 is 5.32 Å². The molecule has 3 aromatic rings. The number of carbonyl (C=O) groups is 3. The Morgan fingerprint density at radius 2 is 1.84 bits per heavy atom. The average molecular weight is 431 g/mol. The van der Waals surface area contributed by atoms with E-state index < -0.39 is 17.8 Å². The van der Waals surface area contributed by atoms with Gasteiger partial charge in [-0.25, -0.2) is 4.79 Å². The molecule has 0 atom stereocenters. The molecule has 7 nitrogen and oxygen atoms in total. The summed E-state index contributed by atoms with van der Waals surface area (Å²) in [6.45, 7) is 8.09. The van der Waals surface area contributed by atoms with Crippen molar-refractivity contribution in [1.82, 2.24) is 14.8 Å². The van der Waals surface area contributed by atoms with Gasteiger partial charge < -0.3 is 8.98 Å².